The first-order valence-electron chi connectivity index (χ1n) is 8.06. The van der Waals surface area contributed by atoms with E-state index in [4.69, 9.17) is 0 Å². The zero-order chi connectivity index (χ0) is 15.0. The molecule has 0 aliphatic rings. The van der Waals surface area contributed by atoms with Crippen molar-refractivity contribution in [2.45, 2.75) is 25.7 Å². The van der Waals surface area contributed by atoms with Gasteiger partial charge in [0.25, 0.3) is 0 Å². The van der Waals surface area contributed by atoms with Gasteiger partial charge in [-0.3, -0.25) is 0 Å². The Kier molecular flexibility index (Phi) is 6.01. The number of quaternary nitrogens is 1. The van der Waals surface area contributed by atoms with Gasteiger partial charge in [0.15, 0.2) is 0 Å². The first-order chi connectivity index (χ1) is 10.2. The summed E-state index contributed by atoms with van der Waals surface area (Å²) in [5.74, 6) is 0. The highest BCUT2D eigenvalue weighted by Crippen LogP contribution is 2.09. The quantitative estimate of drug-likeness (QED) is 0.632. The van der Waals surface area contributed by atoms with Crippen LogP contribution in [0, 0.1) is 0 Å². The summed E-state index contributed by atoms with van der Waals surface area (Å²) in [6.45, 7) is 2.51. The zero-order valence-corrected chi connectivity index (χ0v) is 13.5. The summed E-state index contributed by atoms with van der Waals surface area (Å²) in [5, 5.41) is 0. The summed E-state index contributed by atoms with van der Waals surface area (Å²) >= 11 is 0. The van der Waals surface area contributed by atoms with Crippen molar-refractivity contribution in [3.8, 4) is 0 Å². The first-order valence-corrected chi connectivity index (χ1v) is 8.06. The molecule has 0 radical (unpaired) electrons. The molecule has 0 unspecified atom stereocenters. The molecule has 0 amide bonds. The van der Waals surface area contributed by atoms with E-state index < -0.39 is 0 Å². The molecule has 0 N–H and O–H groups in total. The molecule has 0 saturated carbocycles. The maximum atomic E-state index is 2.36. The van der Waals surface area contributed by atoms with E-state index in [1.165, 1.54) is 49.9 Å². The predicted octanol–water partition coefficient (Wildman–Crippen LogP) is 4.33. The topological polar surface area (TPSA) is 0 Å². The molecular weight excluding hydrogens is 254 g/mol. The molecule has 112 valence electrons. The third-order valence-electron chi connectivity index (χ3n) is 4.14. The molecule has 21 heavy (non-hydrogen) atoms. The molecule has 0 heterocycles. The highest BCUT2D eigenvalue weighted by Gasteiger charge is 2.13. The van der Waals surface area contributed by atoms with E-state index in [2.05, 4.69) is 74.8 Å². The van der Waals surface area contributed by atoms with Crippen molar-refractivity contribution in [1.29, 1.82) is 0 Å². The summed E-state index contributed by atoms with van der Waals surface area (Å²) in [6.07, 6.45) is 4.92. The number of hydrogen-bond acceptors (Lipinski definition) is 0. The van der Waals surface area contributed by atoms with Gasteiger partial charge in [0.05, 0.1) is 27.2 Å². The third kappa shape index (κ3) is 6.14. The van der Waals surface area contributed by atoms with Crippen molar-refractivity contribution in [2.75, 3.05) is 27.2 Å². The van der Waals surface area contributed by atoms with E-state index in [9.17, 15) is 0 Å². The van der Waals surface area contributed by atoms with Crippen molar-refractivity contribution in [1.82, 2.24) is 0 Å². The summed E-state index contributed by atoms with van der Waals surface area (Å²) in [7, 11) is 4.71. The lowest BCUT2D eigenvalue weighted by Crippen LogP contribution is -2.41. The largest absolute Gasteiger partial charge is 0.328 e. The Morgan fingerprint density at radius 1 is 0.619 bits per heavy atom. The lowest BCUT2D eigenvalue weighted by atomic mass is 10.1. The SMILES string of the molecule is C[N+](C)(CCCc1ccccc1)CCCc1ccccc1. The second kappa shape index (κ2) is 7.99. The van der Waals surface area contributed by atoms with Crippen LogP contribution in [-0.4, -0.2) is 31.7 Å². The van der Waals surface area contributed by atoms with E-state index in [1.54, 1.807) is 0 Å². The molecule has 1 nitrogen and oxygen atoms in total. The molecule has 0 aliphatic heterocycles. The van der Waals surface area contributed by atoms with Crippen LogP contribution < -0.4 is 0 Å². The summed E-state index contributed by atoms with van der Waals surface area (Å²) in [4.78, 5) is 0. The fourth-order valence-electron chi connectivity index (χ4n) is 2.82. The van der Waals surface area contributed by atoms with Crippen molar-refractivity contribution in [3.05, 3.63) is 71.8 Å². The van der Waals surface area contributed by atoms with Crippen molar-refractivity contribution < 1.29 is 4.48 Å². The smallest absolute Gasteiger partial charge is 0.0785 e. The van der Waals surface area contributed by atoms with Gasteiger partial charge in [-0.1, -0.05) is 60.7 Å². The van der Waals surface area contributed by atoms with Crippen LogP contribution >= 0.6 is 0 Å². The molecule has 0 spiro atoms. The van der Waals surface area contributed by atoms with Gasteiger partial charge in [-0.05, 0) is 24.0 Å². The predicted molar refractivity (Wildman–Crippen MR) is 91.4 cm³/mol. The van der Waals surface area contributed by atoms with E-state index in [-0.39, 0.29) is 0 Å². The molecule has 2 aromatic carbocycles. The minimum Gasteiger partial charge on any atom is -0.328 e. The first kappa shape index (κ1) is 15.8. The van der Waals surface area contributed by atoms with Crippen molar-refractivity contribution in [2.24, 2.45) is 0 Å². The van der Waals surface area contributed by atoms with Gasteiger partial charge in [0, 0.05) is 12.8 Å². The van der Waals surface area contributed by atoms with Crippen LogP contribution in [0.1, 0.15) is 24.0 Å². The van der Waals surface area contributed by atoms with Gasteiger partial charge < -0.3 is 4.48 Å². The van der Waals surface area contributed by atoms with Gasteiger partial charge in [0.2, 0.25) is 0 Å². The van der Waals surface area contributed by atoms with Gasteiger partial charge in [0.1, 0.15) is 0 Å². The van der Waals surface area contributed by atoms with Crippen LogP contribution in [0.15, 0.2) is 60.7 Å². The summed E-state index contributed by atoms with van der Waals surface area (Å²) in [5.41, 5.74) is 2.92. The molecule has 0 aromatic heterocycles. The standard InChI is InChI=1S/C20H28N/c1-21(2,17-9-15-19-11-5-3-6-12-19)18-10-16-20-13-7-4-8-14-20/h3-8,11-14H,9-10,15-18H2,1-2H3/q+1. The highest BCUT2D eigenvalue weighted by molar-refractivity contribution is 5.15. The summed E-state index contributed by atoms with van der Waals surface area (Å²) in [6, 6.07) is 21.6. The van der Waals surface area contributed by atoms with E-state index in [0.717, 1.165) is 4.48 Å². The lowest BCUT2D eigenvalue weighted by Gasteiger charge is -2.30. The Balaban J connectivity index is 1.67. The van der Waals surface area contributed by atoms with Crippen LogP contribution in [0.4, 0.5) is 0 Å². The van der Waals surface area contributed by atoms with E-state index >= 15 is 0 Å². The molecule has 0 bridgehead atoms. The van der Waals surface area contributed by atoms with E-state index in [0.29, 0.717) is 0 Å². The summed E-state index contributed by atoms with van der Waals surface area (Å²) < 4.78 is 1.12. The second-order valence-corrected chi connectivity index (χ2v) is 6.56. The monoisotopic (exact) mass is 282 g/mol. The van der Waals surface area contributed by atoms with Crippen LogP contribution in [-0.2, 0) is 12.8 Å². The number of nitrogens with zero attached hydrogens (tertiary/aromatic N) is 1. The lowest BCUT2D eigenvalue weighted by molar-refractivity contribution is -0.890. The molecular formula is C20H28N+. The van der Waals surface area contributed by atoms with Crippen LogP contribution in [0.25, 0.3) is 0 Å². The Hall–Kier alpha value is -1.60. The van der Waals surface area contributed by atoms with Gasteiger partial charge in [-0.25, -0.2) is 0 Å². The maximum Gasteiger partial charge on any atom is 0.0785 e. The van der Waals surface area contributed by atoms with Crippen LogP contribution in [0.3, 0.4) is 0 Å². The Labute approximate surface area is 129 Å². The molecule has 2 aromatic rings. The normalized spacial score (nSPS) is 11.5. The van der Waals surface area contributed by atoms with Crippen LogP contribution in [0.5, 0.6) is 0 Å². The minimum absolute atomic E-state index is 1.12. The molecule has 0 fully saturated rings. The minimum atomic E-state index is 1.12. The third-order valence-corrected chi connectivity index (χ3v) is 4.14. The van der Waals surface area contributed by atoms with Gasteiger partial charge >= 0.3 is 0 Å². The molecule has 2 rings (SSSR count). The maximum absolute atomic E-state index is 2.36. The van der Waals surface area contributed by atoms with Crippen LogP contribution in [0.2, 0.25) is 0 Å². The average Bonchev–Trinajstić information content (AvgIpc) is 2.49. The second-order valence-electron chi connectivity index (χ2n) is 6.56. The number of benzene rings is 2. The van der Waals surface area contributed by atoms with Gasteiger partial charge in [-0.15, -0.1) is 0 Å². The fraction of sp³-hybridized carbons (Fsp3) is 0.400. The highest BCUT2D eigenvalue weighted by atomic mass is 15.3. The van der Waals surface area contributed by atoms with Crippen molar-refractivity contribution >= 4 is 0 Å². The number of rotatable bonds is 8. The van der Waals surface area contributed by atoms with Crippen molar-refractivity contribution in [3.63, 3.8) is 0 Å². The Morgan fingerprint density at radius 3 is 1.38 bits per heavy atom. The molecule has 0 atom stereocenters. The van der Waals surface area contributed by atoms with E-state index in [1.807, 2.05) is 0 Å². The Morgan fingerprint density at radius 2 is 1.00 bits per heavy atom. The zero-order valence-electron chi connectivity index (χ0n) is 13.5. The molecule has 1 heteroatoms. The Bertz CT molecular complexity index is 454. The van der Waals surface area contributed by atoms with Gasteiger partial charge in [-0.2, -0.15) is 0 Å². The average molecular weight is 282 g/mol. The molecule has 0 saturated heterocycles. The molecule has 0 aliphatic carbocycles. The fourth-order valence-corrected chi connectivity index (χ4v) is 2.82. The number of aryl methyl sites for hydroxylation is 2. The number of hydrogen-bond donors (Lipinski definition) is 0.